The van der Waals surface area contributed by atoms with Crippen LogP contribution >= 0.6 is 38.9 Å². The Hall–Kier alpha value is -2.48. The minimum Gasteiger partial charge on any atom is -0.277 e. The number of nitrogens with zero attached hydrogens (tertiary/aromatic N) is 2. The molecule has 0 fully saturated rings. The van der Waals surface area contributed by atoms with Crippen molar-refractivity contribution in [2.24, 2.45) is 5.10 Å². The Morgan fingerprint density at radius 2 is 2.07 bits per heavy atom. The van der Waals surface area contributed by atoms with Crippen LogP contribution in [0, 0.1) is 6.92 Å². The zero-order valence-corrected chi connectivity index (χ0v) is 17.8. The standard InChI is InChI=1S/C20H14BrClN4OS/c1-11-5-7-12(8-6-11)18-13(9-23-25-18)10-24-26-20(27)19-17(22)16-14(21)3-2-4-15(16)28-19/h2-10H,1H3,(H,23,25)(H,26,27)/b24-10-. The summed E-state index contributed by atoms with van der Waals surface area (Å²) in [7, 11) is 0. The van der Waals surface area contributed by atoms with Crippen molar-refractivity contribution in [3.8, 4) is 11.3 Å². The highest BCUT2D eigenvalue weighted by Gasteiger charge is 2.18. The molecule has 5 nitrogen and oxygen atoms in total. The normalized spacial score (nSPS) is 11.4. The maximum Gasteiger partial charge on any atom is 0.283 e. The van der Waals surface area contributed by atoms with Gasteiger partial charge in [0.1, 0.15) is 4.88 Å². The first kappa shape index (κ1) is 18.9. The van der Waals surface area contributed by atoms with Gasteiger partial charge in [-0.2, -0.15) is 10.2 Å². The van der Waals surface area contributed by atoms with E-state index in [4.69, 9.17) is 11.6 Å². The lowest BCUT2D eigenvalue weighted by Gasteiger charge is -2.01. The third kappa shape index (κ3) is 3.61. The van der Waals surface area contributed by atoms with Gasteiger partial charge >= 0.3 is 0 Å². The number of aryl methyl sites for hydroxylation is 1. The molecule has 0 atom stereocenters. The molecule has 0 bridgehead atoms. The fourth-order valence-electron chi connectivity index (χ4n) is 2.77. The highest BCUT2D eigenvalue weighted by Crippen LogP contribution is 2.39. The number of benzene rings is 2. The van der Waals surface area contributed by atoms with Gasteiger partial charge in [0.2, 0.25) is 0 Å². The lowest BCUT2D eigenvalue weighted by atomic mass is 10.1. The molecular formula is C20H14BrClN4OS. The van der Waals surface area contributed by atoms with Crippen LogP contribution in [0.1, 0.15) is 20.8 Å². The number of hydrazone groups is 1. The largest absolute Gasteiger partial charge is 0.283 e. The van der Waals surface area contributed by atoms with Crippen molar-refractivity contribution >= 4 is 61.1 Å². The van der Waals surface area contributed by atoms with E-state index in [0.29, 0.717) is 9.90 Å². The smallest absolute Gasteiger partial charge is 0.277 e. The van der Waals surface area contributed by atoms with Gasteiger partial charge in [0.25, 0.3) is 5.91 Å². The average Bonchev–Trinajstić information content (AvgIpc) is 3.28. The van der Waals surface area contributed by atoms with Crippen molar-refractivity contribution in [3.63, 3.8) is 0 Å². The first-order valence-corrected chi connectivity index (χ1v) is 10.3. The monoisotopic (exact) mass is 472 g/mol. The van der Waals surface area contributed by atoms with Crippen LogP contribution in [-0.4, -0.2) is 22.3 Å². The maximum absolute atomic E-state index is 12.5. The Morgan fingerprint density at radius 1 is 1.29 bits per heavy atom. The topological polar surface area (TPSA) is 70.1 Å². The van der Waals surface area contributed by atoms with Gasteiger partial charge in [0.15, 0.2) is 0 Å². The number of halogens is 2. The highest BCUT2D eigenvalue weighted by atomic mass is 79.9. The number of rotatable bonds is 4. The maximum atomic E-state index is 12.5. The van der Waals surface area contributed by atoms with Crippen LogP contribution in [-0.2, 0) is 0 Å². The predicted molar refractivity (Wildman–Crippen MR) is 118 cm³/mol. The van der Waals surface area contributed by atoms with Crippen molar-refractivity contribution in [1.82, 2.24) is 15.6 Å². The summed E-state index contributed by atoms with van der Waals surface area (Å²) < 4.78 is 1.79. The van der Waals surface area contributed by atoms with E-state index in [1.807, 2.05) is 49.4 Å². The van der Waals surface area contributed by atoms with Crippen LogP contribution in [0.5, 0.6) is 0 Å². The quantitative estimate of drug-likeness (QED) is 0.291. The Morgan fingerprint density at radius 3 is 2.82 bits per heavy atom. The summed E-state index contributed by atoms with van der Waals surface area (Å²) in [6, 6.07) is 13.8. The van der Waals surface area contributed by atoms with Crippen LogP contribution in [0.4, 0.5) is 0 Å². The zero-order valence-electron chi connectivity index (χ0n) is 14.7. The SMILES string of the molecule is Cc1ccc(-c2[nH]ncc2/C=N\NC(=O)c2sc3cccc(Br)c3c2Cl)cc1. The molecule has 0 saturated heterocycles. The molecule has 0 aliphatic carbocycles. The van der Waals surface area contributed by atoms with Crippen LogP contribution in [0.25, 0.3) is 21.3 Å². The molecule has 2 N–H and O–H groups in total. The van der Waals surface area contributed by atoms with Gasteiger partial charge in [-0.1, -0.05) is 63.4 Å². The summed E-state index contributed by atoms with van der Waals surface area (Å²) in [6.07, 6.45) is 3.22. The molecule has 0 aliphatic rings. The second kappa shape index (κ2) is 7.87. The summed E-state index contributed by atoms with van der Waals surface area (Å²) >= 11 is 11.2. The number of fused-ring (bicyclic) bond motifs is 1. The molecule has 0 saturated carbocycles. The van der Waals surface area contributed by atoms with Gasteiger partial charge in [0, 0.05) is 25.7 Å². The molecule has 0 radical (unpaired) electrons. The molecule has 0 spiro atoms. The molecule has 1 amide bonds. The Bertz CT molecular complexity index is 1200. The van der Waals surface area contributed by atoms with Gasteiger partial charge in [-0.05, 0) is 19.1 Å². The third-order valence-corrected chi connectivity index (χ3v) is 6.50. The molecule has 2 heterocycles. The van der Waals surface area contributed by atoms with Crippen molar-refractivity contribution in [3.05, 3.63) is 74.2 Å². The number of carbonyl (C=O) groups is 1. The summed E-state index contributed by atoms with van der Waals surface area (Å²) in [6.45, 7) is 2.03. The summed E-state index contributed by atoms with van der Waals surface area (Å²) in [5, 5.41) is 12.4. The number of aromatic nitrogens is 2. The molecule has 2 aromatic carbocycles. The number of aromatic amines is 1. The van der Waals surface area contributed by atoms with E-state index in [-0.39, 0.29) is 5.91 Å². The first-order valence-electron chi connectivity index (χ1n) is 8.35. The Balaban J connectivity index is 1.54. The molecule has 0 unspecified atom stereocenters. The Kier molecular flexibility index (Phi) is 5.30. The number of hydrogen-bond acceptors (Lipinski definition) is 4. The number of thiophene rings is 1. The lowest BCUT2D eigenvalue weighted by Crippen LogP contribution is -2.16. The number of amides is 1. The van der Waals surface area contributed by atoms with E-state index < -0.39 is 0 Å². The zero-order chi connectivity index (χ0) is 19.7. The van der Waals surface area contributed by atoms with E-state index in [2.05, 4.69) is 36.7 Å². The minimum absolute atomic E-state index is 0.352. The molecular weight excluding hydrogens is 460 g/mol. The predicted octanol–water partition coefficient (Wildman–Crippen LogP) is 5.78. The second-order valence-electron chi connectivity index (χ2n) is 6.12. The van der Waals surface area contributed by atoms with E-state index >= 15 is 0 Å². The molecule has 28 heavy (non-hydrogen) atoms. The number of H-pyrrole nitrogens is 1. The molecule has 2 aromatic heterocycles. The highest BCUT2D eigenvalue weighted by molar-refractivity contribution is 9.10. The van der Waals surface area contributed by atoms with Gasteiger partial charge < -0.3 is 0 Å². The molecule has 140 valence electrons. The van der Waals surface area contributed by atoms with E-state index in [1.54, 1.807) is 12.4 Å². The Labute approximate surface area is 178 Å². The van der Waals surface area contributed by atoms with Crippen molar-refractivity contribution in [2.45, 2.75) is 6.92 Å². The van der Waals surface area contributed by atoms with Gasteiger partial charge in [-0.3, -0.25) is 9.89 Å². The van der Waals surface area contributed by atoms with Crippen LogP contribution in [0.15, 0.2) is 58.2 Å². The van der Waals surface area contributed by atoms with Crippen molar-refractivity contribution in [1.29, 1.82) is 0 Å². The van der Waals surface area contributed by atoms with Gasteiger partial charge in [-0.15, -0.1) is 11.3 Å². The van der Waals surface area contributed by atoms with Crippen LogP contribution in [0.3, 0.4) is 0 Å². The van der Waals surface area contributed by atoms with E-state index in [0.717, 1.165) is 31.4 Å². The summed E-state index contributed by atoms with van der Waals surface area (Å²) in [5.41, 5.74) is 6.33. The van der Waals surface area contributed by atoms with E-state index in [9.17, 15) is 4.79 Å². The van der Waals surface area contributed by atoms with Gasteiger partial charge in [0.05, 0.1) is 23.1 Å². The number of hydrogen-bond donors (Lipinski definition) is 2. The van der Waals surface area contributed by atoms with Crippen molar-refractivity contribution in [2.75, 3.05) is 0 Å². The number of nitrogens with one attached hydrogen (secondary N) is 2. The first-order chi connectivity index (χ1) is 13.5. The lowest BCUT2D eigenvalue weighted by molar-refractivity contribution is 0.0959. The summed E-state index contributed by atoms with van der Waals surface area (Å²) in [5.74, 6) is -0.352. The molecule has 0 aliphatic heterocycles. The number of carbonyl (C=O) groups excluding carboxylic acids is 1. The summed E-state index contributed by atoms with van der Waals surface area (Å²) in [4.78, 5) is 13.0. The third-order valence-electron chi connectivity index (χ3n) is 4.19. The minimum atomic E-state index is -0.352. The molecule has 4 aromatic rings. The van der Waals surface area contributed by atoms with Gasteiger partial charge in [-0.25, -0.2) is 5.43 Å². The van der Waals surface area contributed by atoms with Crippen LogP contribution < -0.4 is 5.43 Å². The van der Waals surface area contributed by atoms with Crippen LogP contribution in [0.2, 0.25) is 5.02 Å². The fraction of sp³-hybridized carbons (Fsp3) is 0.0500. The fourth-order valence-corrected chi connectivity index (χ4v) is 5.05. The molecule has 4 rings (SSSR count). The van der Waals surface area contributed by atoms with Crippen molar-refractivity contribution < 1.29 is 4.79 Å². The molecule has 8 heteroatoms. The average molecular weight is 474 g/mol. The second-order valence-corrected chi connectivity index (χ2v) is 8.41. The van der Waals surface area contributed by atoms with E-state index in [1.165, 1.54) is 16.9 Å².